The summed E-state index contributed by atoms with van der Waals surface area (Å²) in [5, 5.41) is 4.70. The van der Waals surface area contributed by atoms with Gasteiger partial charge in [-0.25, -0.2) is 0 Å². The molecular formula is C17H19ClN2O2. The van der Waals surface area contributed by atoms with Crippen LogP contribution in [-0.4, -0.2) is 19.9 Å². The van der Waals surface area contributed by atoms with Crippen LogP contribution in [-0.2, 0) is 0 Å². The summed E-state index contributed by atoms with van der Waals surface area (Å²) in [4.78, 5) is 0. The monoisotopic (exact) mass is 318 g/mol. The molecule has 0 atom stereocenters. The number of aryl methyl sites for hydroxylation is 1. The molecule has 0 aromatic heterocycles. The first kappa shape index (κ1) is 16.2. The molecule has 0 aliphatic rings. The molecule has 4 nitrogen and oxygen atoms in total. The number of hydrogen-bond acceptors (Lipinski definition) is 4. The van der Waals surface area contributed by atoms with Gasteiger partial charge in [-0.05, 0) is 43.7 Å². The number of hydrazone groups is 1. The molecule has 0 bridgehead atoms. The summed E-state index contributed by atoms with van der Waals surface area (Å²) in [6.07, 6.45) is 1.69. The van der Waals surface area contributed by atoms with E-state index in [0.29, 0.717) is 23.1 Å². The maximum atomic E-state index is 6.20. The highest BCUT2D eigenvalue weighted by Crippen LogP contribution is 2.35. The van der Waals surface area contributed by atoms with Crippen molar-refractivity contribution in [1.82, 2.24) is 0 Å². The van der Waals surface area contributed by atoms with Crippen LogP contribution in [0, 0.1) is 6.92 Å². The Hall–Kier alpha value is -2.20. The number of nitrogens with one attached hydrogen (secondary N) is 1. The molecule has 2 rings (SSSR count). The van der Waals surface area contributed by atoms with Gasteiger partial charge < -0.3 is 9.47 Å². The number of anilines is 1. The predicted octanol–water partition coefficient (Wildman–Crippen LogP) is 4.50. The van der Waals surface area contributed by atoms with Crippen LogP contribution in [0.2, 0.25) is 5.02 Å². The third-order valence-electron chi connectivity index (χ3n) is 2.99. The molecule has 0 saturated carbocycles. The fourth-order valence-corrected chi connectivity index (χ4v) is 2.23. The quantitative estimate of drug-likeness (QED) is 0.630. The normalized spacial score (nSPS) is 10.7. The van der Waals surface area contributed by atoms with Gasteiger partial charge in [-0.1, -0.05) is 29.3 Å². The summed E-state index contributed by atoms with van der Waals surface area (Å²) in [5.74, 6) is 1.14. The van der Waals surface area contributed by atoms with E-state index in [1.54, 1.807) is 19.4 Å². The average Bonchev–Trinajstić information content (AvgIpc) is 2.49. The molecular weight excluding hydrogens is 300 g/mol. The van der Waals surface area contributed by atoms with Gasteiger partial charge in [0.05, 0.1) is 30.6 Å². The molecule has 2 aromatic carbocycles. The largest absolute Gasteiger partial charge is 0.491 e. The van der Waals surface area contributed by atoms with Crippen molar-refractivity contribution < 1.29 is 9.47 Å². The zero-order valence-corrected chi connectivity index (χ0v) is 13.6. The van der Waals surface area contributed by atoms with E-state index in [4.69, 9.17) is 21.1 Å². The predicted molar refractivity (Wildman–Crippen MR) is 91.6 cm³/mol. The SMILES string of the molecule is CCOc1cc(/C=N/Nc2ccc(C)cc2)cc(Cl)c1OC. The molecule has 116 valence electrons. The van der Waals surface area contributed by atoms with Crippen molar-refractivity contribution in [1.29, 1.82) is 0 Å². The van der Waals surface area contributed by atoms with E-state index in [0.717, 1.165) is 11.3 Å². The maximum absolute atomic E-state index is 6.20. The van der Waals surface area contributed by atoms with Crippen LogP contribution in [0.1, 0.15) is 18.1 Å². The number of benzene rings is 2. The van der Waals surface area contributed by atoms with Crippen LogP contribution in [0.4, 0.5) is 5.69 Å². The molecule has 0 fully saturated rings. The van der Waals surface area contributed by atoms with E-state index in [1.807, 2.05) is 44.2 Å². The van der Waals surface area contributed by atoms with Crippen LogP contribution in [0.3, 0.4) is 0 Å². The van der Waals surface area contributed by atoms with Crippen molar-refractivity contribution in [2.75, 3.05) is 19.1 Å². The zero-order chi connectivity index (χ0) is 15.9. The minimum atomic E-state index is 0.491. The number of nitrogens with zero attached hydrogens (tertiary/aromatic N) is 1. The van der Waals surface area contributed by atoms with Crippen molar-refractivity contribution in [2.24, 2.45) is 5.10 Å². The van der Waals surface area contributed by atoms with Gasteiger partial charge in [0.1, 0.15) is 0 Å². The summed E-state index contributed by atoms with van der Waals surface area (Å²) in [6.45, 7) is 4.49. The minimum Gasteiger partial charge on any atom is -0.491 e. The van der Waals surface area contributed by atoms with Crippen molar-refractivity contribution in [3.63, 3.8) is 0 Å². The first-order chi connectivity index (χ1) is 10.6. The standard InChI is InChI=1S/C17H19ClN2O2/c1-4-22-16-10-13(9-15(18)17(16)21-3)11-19-20-14-7-5-12(2)6-8-14/h5-11,20H,4H2,1-3H3/b19-11+. The average molecular weight is 319 g/mol. The fourth-order valence-electron chi connectivity index (χ4n) is 1.93. The summed E-state index contributed by atoms with van der Waals surface area (Å²) in [5.41, 5.74) is 5.93. The van der Waals surface area contributed by atoms with E-state index in [9.17, 15) is 0 Å². The van der Waals surface area contributed by atoms with Crippen LogP contribution < -0.4 is 14.9 Å². The molecule has 0 aliphatic carbocycles. The number of halogens is 1. The number of methoxy groups -OCH3 is 1. The van der Waals surface area contributed by atoms with E-state index >= 15 is 0 Å². The molecule has 0 unspecified atom stereocenters. The Morgan fingerprint density at radius 3 is 2.59 bits per heavy atom. The second-order valence-electron chi connectivity index (χ2n) is 4.70. The summed E-state index contributed by atoms with van der Waals surface area (Å²) < 4.78 is 10.8. The van der Waals surface area contributed by atoms with Gasteiger partial charge in [-0.3, -0.25) is 5.43 Å². The molecule has 1 N–H and O–H groups in total. The Bertz CT molecular complexity index is 654. The third-order valence-corrected chi connectivity index (χ3v) is 3.28. The van der Waals surface area contributed by atoms with Crippen molar-refractivity contribution in [3.8, 4) is 11.5 Å². The van der Waals surface area contributed by atoms with Gasteiger partial charge in [0, 0.05) is 0 Å². The summed E-state index contributed by atoms with van der Waals surface area (Å²) in [7, 11) is 1.57. The lowest BCUT2D eigenvalue weighted by molar-refractivity contribution is 0.311. The highest BCUT2D eigenvalue weighted by molar-refractivity contribution is 6.32. The molecule has 22 heavy (non-hydrogen) atoms. The maximum Gasteiger partial charge on any atom is 0.179 e. The van der Waals surface area contributed by atoms with Crippen LogP contribution in [0.15, 0.2) is 41.5 Å². The number of ether oxygens (including phenoxy) is 2. The lowest BCUT2D eigenvalue weighted by atomic mass is 10.2. The zero-order valence-electron chi connectivity index (χ0n) is 12.9. The minimum absolute atomic E-state index is 0.491. The van der Waals surface area contributed by atoms with Crippen LogP contribution >= 0.6 is 11.6 Å². The van der Waals surface area contributed by atoms with Crippen LogP contribution in [0.25, 0.3) is 0 Å². The number of hydrogen-bond donors (Lipinski definition) is 1. The lowest BCUT2D eigenvalue weighted by Gasteiger charge is -2.11. The van der Waals surface area contributed by atoms with E-state index in [2.05, 4.69) is 10.5 Å². The van der Waals surface area contributed by atoms with Crippen molar-refractivity contribution >= 4 is 23.5 Å². The van der Waals surface area contributed by atoms with E-state index in [1.165, 1.54) is 5.56 Å². The molecule has 0 heterocycles. The van der Waals surface area contributed by atoms with Gasteiger partial charge in [0.25, 0.3) is 0 Å². The first-order valence-corrected chi connectivity index (χ1v) is 7.38. The second kappa shape index (κ2) is 7.71. The Kier molecular flexibility index (Phi) is 5.67. The molecule has 5 heteroatoms. The lowest BCUT2D eigenvalue weighted by Crippen LogP contribution is -1.98. The highest BCUT2D eigenvalue weighted by Gasteiger charge is 2.10. The van der Waals surface area contributed by atoms with Crippen LogP contribution in [0.5, 0.6) is 11.5 Å². The summed E-state index contributed by atoms with van der Waals surface area (Å²) >= 11 is 6.20. The van der Waals surface area contributed by atoms with Gasteiger partial charge in [0.2, 0.25) is 0 Å². The van der Waals surface area contributed by atoms with E-state index < -0.39 is 0 Å². The van der Waals surface area contributed by atoms with Gasteiger partial charge in [0.15, 0.2) is 11.5 Å². The highest BCUT2D eigenvalue weighted by atomic mass is 35.5. The fraction of sp³-hybridized carbons (Fsp3) is 0.235. The molecule has 2 aromatic rings. The van der Waals surface area contributed by atoms with Crippen molar-refractivity contribution in [3.05, 3.63) is 52.5 Å². The molecule has 0 amide bonds. The van der Waals surface area contributed by atoms with Crippen molar-refractivity contribution in [2.45, 2.75) is 13.8 Å². The molecule has 0 aliphatic heterocycles. The van der Waals surface area contributed by atoms with Gasteiger partial charge in [-0.15, -0.1) is 0 Å². The van der Waals surface area contributed by atoms with Gasteiger partial charge in [-0.2, -0.15) is 5.10 Å². The van der Waals surface area contributed by atoms with Gasteiger partial charge >= 0.3 is 0 Å². The number of rotatable bonds is 6. The first-order valence-electron chi connectivity index (χ1n) is 7.00. The Labute approximate surface area is 135 Å². The Balaban J connectivity index is 2.14. The Morgan fingerprint density at radius 1 is 1.23 bits per heavy atom. The Morgan fingerprint density at radius 2 is 1.95 bits per heavy atom. The summed E-state index contributed by atoms with van der Waals surface area (Å²) in [6, 6.07) is 11.6. The van der Waals surface area contributed by atoms with E-state index in [-0.39, 0.29) is 0 Å². The molecule has 0 spiro atoms. The topological polar surface area (TPSA) is 42.8 Å². The molecule has 0 saturated heterocycles. The smallest absolute Gasteiger partial charge is 0.179 e. The second-order valence-corrected chi connectivity index (χ2v) is 5.11. The molecule has 0 radical (unpaired) electrons. The third kappa shape index (κ3) is 4.15.